The van der Waals surface area contributed by atoms with E-state index in [1.54, 1.807) is 11.8 Å². The predicted octanol–water partition coefficient (Wildman–Crippen LogP) is 3.62. The Bertz CT molecular complexity index is 468. The Morgan fingerprint density at radius 2 is 2.05 bits per heavy atom. The molecule has 0 atom stereocenters. The van der Waals surface area contributed by atoms with Crippen molar-refractivity contribution >= 4 is 35.0 Å². The Kier molecular flexibility index (Phi) is 5.73. The molecule has 1 aromatic rings. The summed E-state index contributed by atoms with van der Waals surface area (Å²) in [7, 11) is 0. The van der Waals surface area contributed by atoms with Gasteiger partial charge in [0.05, 0.1) is 5.75 Å². The first-order valence-corrected chi connectivity index (χ1v) is 7.94. The quantitative estimate of drug-likeness (QED) is 0.843. The molecule has 1 amide bonds. The number of halogens is 1. The van der Waals surface area contributed by atoms with E-state index in [2.05, 4.69) is 10.5 Å². The first-order valence-electron chi connectivity index (χ1n) is 6.41. The molecule has 1 saturated carbocycles. The second-order valence-electron chi connectivity index (χ2n) is 4.50. The number of amides is 1. The summed E-state index contributed by atoms with van der Waals surface area (Å²) in [5, 5.41) is 4.90. The Morgan fingerprint density at radius 1 is 1.32 bits per heavy atom. The number of carbonyl (C=O) groups is 1. The first-order chi connectivity index (χ1) is 9.25. The number of carbonyl (C=O) groups excluding carboxylic acids is 1. The highest BCUT2D eigenvalue weighted by Crippen LogP contribution is 2.20. The van der Waals surface area contributed by atoms with Crippen molar-refractivity contribution in [3.8, 4) is 0 Å². The average Bonchev–Trinajstić information content (AvgIpc) is 2.92. The number of hydrazone groups is 1. The van der Waals surface area contributed by atoms with E-state index in [0.29, 0.717) is 5.75 Å². The summed E-state index contributed by atoms with van der Waals surface area (Å²) in [4.78, 5) is 11.6. The molecular weight excluding hydrogens is 280 g/mol. The van der Waals surface area contributed by atoms with E-state index >= 15 is 0 Å². The van der Waals surface area contributed by atoms with Gasteiger partial charge in [0.1, 0.15) is 0 Å². The fourth-order valence-corrected chi connectivity index (χ4v) is 3.04. The van der Waals surface area contributed by atoms with Crippen LogP contribution >= 0.6 is 23.4 Å². The number of benzene rings is 1. The molecular formula is C14H17ClN2OS. The molecule has 1 aromatic carbocycles. The van der Waals surface area contributed by atoms with Gasteiger partial charge in [-0.2, -0.15) is 5.10 Å². The van der Waals surface area contributed by atoms with Crippen molar-refractivity contribution in [3.63, 3.8) is 0 Å². The van der Waals surface area contributed by atoms with E-state index < -0.39 is 0 Å². The van der Waals surface area contributed by atoms with Gasteiger partial charge in [0.15, 0.2) is 0 Å². The first kappa shape index (κ1) is 14.4. The van der Waals surface area contributed by atoms with E-state index in [0.717, 1.165) is 34.9 Å². The molecule has 0 saturated heterocycles. The van der Waals surface area contributed by atoms with E-state index in [4.69, 9.17) is 11.6 Å². The van der Waals surface area contributed by atoms with Crippen molar-refractivity contribution in [2.75, 3.05) is 5.75 Å². The summed E-state index contributed by atoms with van der Waals surface area (Å²) in [6.45, 7) is 0. The highest BCUT2D eigenvalue weighted by Gasteiger charge is 2.09. The van der Waals surface area contributed by atoms with E-state index in [9.17, 15) is 4.79 Å². The van der Waals surface area contributed by atoms with Crippen molar-refractivity contribution in [2.24, 2.45) is 5.10 Å². The van der Waals surface area contributed by atoms with Crippen LogP contribution in [0.15, 0.2) is 29.4 Å². The molecule has 0 spiro atoms. The minimum Gasteiger partial charge on any atom is -0.272 e. The van der Waals surface area contributed by atoms with Gasteiger partial charge >= 0.3 is 0 Å². The second kappa shape index (κ2) is 7.56. The van der Waals surface area contributed by atoms with Crippen LogP contribution in [0.3, 0.4) is 0 Å². The minimum absolute atomic E-state index is 0.0450. The van der Waals surface area contributed by atoms with Gasteiger partial charge in [0.25, 0.3) is 0 Å². The van der Waals surface area contributed by atoms with Crippen LogP contribution in [0.4, 0.5) is 0 Å². The molecule has 102 valence electrons. The Balaban J connectivity index is 1.69. The SMILES string of the molecule is O=C(CSCc1ccccc1Cl)NN=C1CCCC1. The fourth-order valence-electron chi connectivity index (χ4n) is 1.94. The van der Waals surface area contributed by atoms with Gasteiger partial charge in [-0.15, -0.1) is 11.8 Å². The zero-order valence-corrected chi connectivity index (χ0v) is 12.3. The van der Waals surface area contributed by atoms with Crippen molar-refractivity contribution < 1.29 is 4.79 Å². The van der Waals surface area contributed by atoms with Crippen molar-refractivity contribution in [3.05, 3.63) is 34.9 Å². The maximum absolute atomic E-state index is 11.6. The van der Waals surface area contributed by atoms with Crippen molar-refractivity contribution in [1.82, 2.24) is 5.43 Å². The number of hydrogen-bond donors (Lipinski definition) is 1. The molecule has 3 nitrogen and oxygen atoms in total. The number of rotatable bonds is 5. The van der Waals surface area contributed by atoms with Gasteiger partial charge in [0.2, 0.25) is 5.91 Å². The van der Waals surface area contributed by atoms with E-state index in [1.165, 1.54) is 12.8 Å². The van der Waals surface area contributed by atoms with Crippen LogP contribution in [0.1, 0.15) is 31.2 Å². The van der Waals surface area contributed by atoms with Crippen LogP contribution in [0.2, 0.25) is 5.02 Å². The number of hydrogen-bond acceptors (Lipinski definition) is 3. The maximum Gasteiger partial charge on any atom is 0.250 e. The average molecular weight is 297 g/mol. The zero-order chi connectivity index (χ0) is 13.5. The van der Waals surface area contributed by atoms with Crippen LogP contribution in [0, 0.1) is 0 Å². The standard InChI is InChI=1S/C14H17ClN2OS/c15-13-8-4-1-5-11(13)9-19-10-14(18)17-16-12-6-2-3-7-12/h1,4-5,8H,2-3,6-7,9-10H2,(H,17,18). The van der Waals surface area contributed by atoms with Gasteiger partial charge in [-0.3, -0.25) is 4.79 Å². The summed E-state index contributed by atoms with van der Waals surface area (Å²) in [5.41, 5.74) is 4.80. The predicted molar refractivity (Wildman–Crippen MR) is 81.7 cm³/mol. The topological polar surface area (TPSA) is 41.5 Å². The van der Waals surface area contributed by atoms with Crippen LogP contribution in [0.5, 0.6) is 0 Å². The van der Waals surface area contributed by atoms with E-state index in [-0.39, 0.29) is 5.91 Å². The van der Waals surface area contributed by atoms with Crippen LogP contribution in [-0.2, 0) is 10.5 Å². The molecule has 1 N–H and O–H groups in total. The lowest BCUT2D eigenvalue weighted by atomic mass is 10.2. The highest BCUT2D eigenvalue weighted by atomic mass is 35.5. The molecule has 5 heteroatoms. The van der Waals surface area contributed by atoms with Gasteiger partial charge in [0, 0.05) is 16.5 Å². The number of nitrogens with one attached hydrogen (secondary N) is 1. The van der Waals surface area contributed by atoms with Crippen LogP contribution in [-0.4, -0.2) is 17.4 Å². The molecule has 2 rings (SSSR count). The molecule has 0 aliphatic heterocycles. The number of nitrogens with zero attached hydrogens (tertiary/aromatic N) is 1. The normalized spacial score (nSPS) is 14.5. The van der Waals surface area contributed by atoms with Gasteiger partial charge < -0.3 is 0 Å². The Hall–Kier alpha value is -1.00. The molecule has 0 aromatic heterocycles. The lowest BCUT2D eigenvalue weighted by molar-refractivity contribution is -0.118. The van der Waals surface area contributed by atoms with Gasteiger partial charge in [-0.1, -0.05) is 29.8 Å². The highest BCUT2D eigenvalue weighted by molar-refractivity contribution is 7.99. The molecule has 1 fully saturated rings. The summed E-state index contributed by atoms with van der Waals surface area (Å²) >= 11 is 7.60. The van der Waals surface area contributed by atoms with Crippen LogP contribution < -0.4 is 5.43 Å². The van der Waals surface area contributed by atoms with Crippen molar-refractivity contribution in [2.45, 2.75) is 31.4 Å². The zero-order valence-electron chi connectivity index (χ0n) is 10.7. The third kappa shape index (κ3) is 4.88. The monoisotopic (exact) mass is 296 g/mol. The third-order valence-electron chi connectivity index (χ3n) is 2.97. The lowest BCUT2D eigenvalue weighted by Crippen LogP contribution is -2.21. The van der Waals surface area contributed by atoms with E-state index in [1.807, 2.05) is 24.3 Å². The largest absolute Gasteiger partial charge is 0.272 e. The Labute approximate surface area is 122 Å². The summed E-state index contributed by atoms with van der Waals surface area (Å²) < 4.78 is 0. The second-order valence-corrected chi connectivity index (χ2v) is 5.90. The molecule has 1 aliphatic rings. The lowest BCUT2D eigenvalue weighted by Gasteiger charge is -2.04. The molecule has 0 unspecified atom stereocenters. The molecule has 19 heavy (non-hydrogen) atoms. The van der Waals surface area contributed by atoms with Crippen molar-refractivity contribution in [1.29, 1.82) is 0 Å². The molecule has 0 radical (unpaired) electrons. The summed E-state index contributed by atoms with van der Waals surface area (Å²) in [6.07, 6.45) is 4.42. The molecule has 0 heterocycles. The summed E-state index contributed by atoms with van der Waals surface area (Å²) in [6, 6.07) is 7.70. The van der Waals surface area contributed by atoms with Gasteiger partial charge in [-0.25, -0.2) is 5.43 Å². The molecule has 1 aliphatic carbocycles. The van der Waals surface area contributed by atoms with Gasteiger partial charge in [-0.05, 0) is 37.3 Å². The number of thioether (sulfide) groups is 1. The Morgan fingerprint density at radius 3 is 2.79 bits per heavy atom. The smallest absolute Gasteiger partial charge is 0.250 e. The maximum atomic E-state index is 11.6. The third-order valence-corrected chi connectivity index (χ3v) is 4.32. The fraction of sp³-hybridized carbons (Fsp3) is 0.429. The van der Waals surface area contributed by atoms with Crippen LogP contribution in [0.25, 0.3) is 0 Å². The minimum atomic E-state index is -0.0450. The summed E-state index contributed by atoms with van der Waals surface area (Å²) in [5.74, 6) is 1.10. The molecule has 0 bridgehead atoms.